The van der Waals surface area contributed by atoms with E-state index in [0.29, 0.717) is 0 Å². The lowest BCUT2D eigenvalue weighted by atomic mass is 9.98. The molecule has 0 amide bonds. The third-order valence-corrected chi connectivity index (χ3v) is 5.40. The minimum atomic E-state index is 0.857. The first-order valence-corrected chi connectivity index (χ1v) is 10.3. The molecule has 5 rings (SSSR count). The first-order chi connectivity index (χ1) is 15.3. The maximum atomic E-state index is 6.41. The lowest BCUT2D eigenvalue weighted by Gasteiger charge is -2.03. The molecular formula is C29H22O2. The number of fused-ring (bicyclic) bond motifs is 1. The number of furan rings is 1. The van der Waals surface area contributed by atoms with Gasteiger partial charge in [-0.15, -0.1) is 0 Å². The molecule has 0 saturated heterocycles. The van der Waals surface area contributed by atoms with E-state index in [1.54, 1.807) is 7.11 Å². The zero-order valence-electron chi connectivity index (χ0n) is 17.3. The Hall–Kier alpha value is -4.04. The molecular weight excluding hydrogens is 380 g/mol. The van der Waals surface area contributed by atoms with Gasteiger partial charge in [-0.05, 0) is 41.0 Å². The van der Waals surface area contributed by atoms with E-state index in [4.69, 9.17) is 9.15 Å². The van der Waals surface area contributed by atoms with E-state index in [0.717, 1.165) is 50.3 Å². The molecule has 1 heterocycles. The molecule has 2 heteroatoms. The fourth-order valence-corrected chi connectivity index (χ4v) is 3.81. The van der Waals surface area contributed by atoms with Crippen molar-refractivity contribution in [1.82, 2.24) is 0 Å². The molecule has 5 aromatic rings. The first kappa shape index (κ1) is 19.0. The number of methoxy groups -OCH3 is 1. The van der Waals surface area contributed by atoms with Crippen LogP contribution >= 0.6 is 0 Å². The molecule has 4 aromatic carbocycles. The van der Waals surface area contributed by atoms with Crippen molar-refractivity contribution < 1.29 is 9.15 Å². The van der Waals surface area contributed by atoms with Gasteiger partial charge in [-0.3, -0.25) is 0 Å². The van der Waals surface area contributed by atoms with Gasteiger partial charge in [0.1, 0.15) is 17.1 Å². The Balaban J connectivity index is 1.58. The van der Waals surface area contributed by atoms with Gasteiger partial charge in [-0.2, -0.15) is 0 Å². The second-order valence-corrected chi connectivity index (χ2v) is 7.40. The third-order valence-electron chi connectivity index (χ3n) is 5.40. The van der Waals surface area contributed by atoms with Crippen LogP contribution in [0.5, 0.6) is 5.75 Å². The highest BCUT2D eigenvalue weighted by atomic mass is 16.5. The molecule has 0 aliphatic carbocycles. The average molecular weight is 402 g/mol. The molecule has 0 unspecified atom stereocenters. The minimum absolute atomic E-state index is 0.857. The normalized spacial score (nSPS) is 11.3. The molecule has 0 aliphatic heterocycles. The van der Waals surface area contributed by atoms with E-state index in [9.17, 15) is 0 Å². The van der Waals surface area contributed by atoms with Gasteiger partial charge in [-0.1, -0.05) is 91.0 Å². The average Bonchev–Trinajstić information content (AvgIpc) is 3.23. The van der Waals surface area contributed by atoms with Gasteiger partial charge in [-0.25, -0.2) is 0 Å². The first-order valence-electron chi connectivity index (χ1n) is 10.3. The third kappa shape index (κ3) is 3.88. The summed E-state index contributed by atoms with van der Waals surface area (Å²) in [6.45, 7) is 0. The lowest BCUT2D eigenvalue weighted by Crippen LogP contribution is -1.81. The predicted octanol–water partition coefficient (Wildman–Crippen LogP) is 7.95. The zero-order valence-corrected chi connectivity index (χ0v) is 17.3. The van der Waals surface area contributed by atoms with Crippen LogP contribution in [0.3, 0.4) is 0 Å². The van der Waals surface area contributed by atoms with Crippen molar-refractivity contribution in [3.05, 3.63) is 114 Å². The molecule has 0 saturated carbocycles. The van der Waals surface area contributed by atoms with Gasteiger partial charge in [0.2, 0.25) is 0 Å². The summed E-state index contributed by atoms with van der Waals surface area (Å²) in [7, 11) is 1.68. The summed E-state index contributed by atoms with van der Waals surface area (Å²) in [6, 6.07) is 35.1. The maximum Gasteiger partial charge on any atom is 0.143 e. The van der Waals surface area contributed by atoms with Gasteiger partial charge < -0.3 is 9.15 Å². The van der Waals surface area contributed by atoms with E-state index < -0.39 is 0 Å². The summed E-state index contributed by atoms with van der Waals surface area (Å²) in [5.74, 6) is 1.76. The maximum absolute atomic E-state index is 6.41. The van der Waals surface area contributed by atoms with Crippen molar-refractivity contribution in [2.45, 2.75) is 0 Å². The molecule has 0 fully saturated rings. The quantitative estimate of drug-likeness (QED) is 0.278. The Bertz CT molecular complexity index is 1330. The minimum Gasteiger partial charge on any atom is -0.497 e. The van der Waals surface area contributed by atoms with Crippen LogP contribution in [0.1, 0.15) is 11.1 Å². The number of ether oxygens (including phenoxy) is 1. The van der Waals surface area contributed by atoms with Crippen molar-refractivity contribution in [1.29, 1.82) is 0 Å². The number of hydrogen-bond acceptors (Lipinski definition) is 2. The van der Waals surface area contributed by atoms with E-state index in [-0.39, 0.29) is 0 Å². The van der Waals surface area contributed by atoms with Crippen LogP contribution in [0, 0.1) is 0 Å². The fraction of sp³-hybridized carbons (Fsp3) is 0.0345. The monoisotopic (exact) mass is 402 g/mol. The highest BCUT2D eigenvalue weighted by Crippen LogP contribution is 2.41. The molecule has 0 radical (unpaired) electrons. The molecule has 0 bridgehead atoms. The van der Waals surface area contributed by atoms with E-state index in [1.165, 1.54) is 0 Å². The van der Waals surface area contributed by atoms with Crippen molar-refractivity contribution in [3.8, 4) is 28.2 Å². The highest BCUT2D eigenvalue weighted by molar-refractivity contribution is 6.02. The van der Waals surface area contributed by atoms with Crippen molar-refractivity contribution >= 4 is 23.1 Å². The Morgan fingerprint density at radius 3 is 1.94 bits per heavy atom. The van der Waals surface area contributed by atoms with Gasteiger partial charge in [0.15, 0.2) is 0 Å². The van der Waals surface area contributed by atoms with Crippen LogP contribution in [-0.4, -0.2) is 7.11 Å². The van der Waals surface area contributed by atoms with Crippen LogP contribution < -0.4 is 4.74 Å². The van der Waals surface area contributed by atoms with Crippen molar-refractivity contribution in [2.75, 3.05) is 7.11 Å². The van der Waals surface area contributed by atoms with Crippen LogP contribution in [0.2, 0.25) is 0 Å². The second kappa shape index (κ2) is 8.37. The summed E-state index contributed by atoms with van der Waals surface area (Å²) in [5.41, 5.74) is 6.46. The van der Waals surface area contributed by atoms with Gasteiger partial charge in [0, 0.05) is 16.5 Å². The topological polar surface area (TPSA) is 22.4 Å². The summed E-state index contributed by atoms with van der Waals surface area (Å²) in [4.78, 5) is 0. The Morgan fingerprint density at radius 2 is 1.26 bits per heavy atom. The van der Waals surface area contributed by atoms with E-state index in [2.05, 4.69) is 66.7 Å². The van der Waals surface area contributed by atoms with Crippen LogP contribution in [0.4, 0.5) is 0 Å². The standard InChI is InChI=1S/C29H22O2/c1-30-25-17-14-21(15-18-25)12-13-22-16-19-26-27(20-22)31-29(24-10-6-3-7-11-24)28(26)23-8-4-2-5-9-23/h2-20H,1H3. The van der Waals surface area contributed by atoms with Crippen molar-refractivity contribution in [2.24, 2.45) is 0 Å². The van der Waals surface area contributed by atoms with Gasteiger partial charge in [0.05, 0.1) is 7.11 Å². The fourth-order valence-electron chi connectivity index (χ4n) is 3.81. The van der Waals surface area contributed by atoms with Crippen LogP contribution in [0.15, 0.2) is 108 Å². The number of rotatable bonds is 5. The molecule has 31 heavy (non-hydrogen) atoms. The highest BCUT2D eigenvalue weighted by Gasteiger charge is 2.17. The van der Waals surface area contributed by atoms with Crippen molar-refractivity contribution in [3.63, 3.8) is 0 Å². The number of hydrogen-bond donors (Lipinski definition) is 0. The van der Waals surface area contributed by atoms with Gasteiger partial charge >= 0.3 is 0 Å². The Kier molecular flexibility index (Phi) is 5.12. The Labute approximate surface area is 182 Å². The molecule has 0 aliphatic rings. The summed E-state index contributed by atoms with van der Waals surface area (Å²) in [6.07, 6.45) is 4.20. The SMILES string of the molecule is COc1ccc(C=Cc2ccc3c(-c4ccccc4)c(-c4ccccc4)oc3c2)cc1. The largest absolute Gasteiger partial charge is 0.497 e. The molecule has 150 valence electrons. The lowest BCUT2D eigenvalue weighted by molar-refractivity contribution is 0.415. The molecule has 0 N–H and O–H groups in total. The summed E-state index contributed by atoms with van der Waals surface area (Å²) < 4.78 is 11.6. The molecule has 0 atom stereocenters. The van der Waals surface area contributed by atoms with Gasteiger partial charge in [0.25, 0.3) is 0 Å². The Morgan fingerprint density at radius 1 is 0.645 bits per heavy atom. The van der Waals surface area contributed by atoms with E-state index >= 15 is 0 Å². The van der Waals surface area contributed by atoms with E-state index in [1.807, 2.05) is 48.5 Å². The molecule has 1 aromatic heterocycles. The summed E-state index contributed by atoms with van der Waals surface area (Å²) in [5, 5.41) is 1.12. The predicted molar refractivity (Wildman–Crippen MR) is 129 cm³/mol. The zero-order chi connectivity index (χ0) is 21.0. The van der Waals surface area contributed by atoms with Crippen LogP contribution in [0.25, 0.3) is 45.6 Å². The smallest absolute Gasteiger partial charge is 0.143 e. The molecule has 2 nitrogen and oxygen atoms in total. The van der Waals surface area contributed by atoms with Crippen LogP contribution in [-0.2, 0) is 0 Å². The number of benzene rings is 4. The second-order valence-electron chi connectivity index (χ2n) is 7.40. The summed E-state index contributed by atoms with van der Waals surface area (Å²) >= 11 is 0. The molecule has 0 spiro atoms.